The number of benzene rings is 1. The average Bonchev–Trinajstić information content (AvgIpc) is 3.05. The third-order valence-electron chi connectivity index (χ3n) is 5.12. The van der Waals surface area contributed by atoms with Gasteiger partial charge in [-0.3, -0.25) is 15.0 Å². The zero-order valence-electron chi connectivity index (χ0n) is 17.1. The molecule has 0 radical (unpaired) electrons. The first-order chi connectivity index (χ1) is 13.8. The van der Waals surface area contributed by atoms with Crippen molar-refractivity contribution in [1.29, 1.82) is 0 Å². The van der Waals surface area contributed by atoms with Crippen LogP contribution >= 0.6 is 0 Å². The minimum absolute atomic E-state index is 0.174. The summed E-state index contributed by atoms with van der Waals surface area (Å²) in [6.45, 7) is 5.05. The summed E-state index contributed by atoms with van der Waals surface area (Å²) in [5, 5.41) is 18.8. The molecular weight excluding hydrogens is 372 g/mol. The summed E-state index contributed by atoms with van der Waals surface area (Å²) in [7, 11) is 1.89. The van der Waals surface area contributed by atoms with E-state index in [1.165, 1.54) is 0 Å². The van der Waals surface area contributed by atoms with Gasteiger partial charge in [-0.25, -0.2) is 5.01 Å². The second kappa shape index (κ2) is 9.39. The summed E-state index contributed by atoms with van der Waals surface area (Å²) >= 11 is 0. The fraction of sp³-hybridized carbons (Fsp3) is 0.524. The number of hydrazine groups is 1. The molecular formula is C21H30N4O4. The molecule has 2 heterocycles. The van der Waals surface area contributed by atoms with E-state index in [1.807, 2.05) is 44.1 Å². The summed E-state index contributed by atoms with van der Waals surface area (Å²) in [6, 6.07) is 7.96. The molecule has 3 rings (SSSR count). The number of fused-ring (bicyclic) bond motifs is 1. The molecule has 2 amide bonds. The Morgan fingerprint density at radius 3 is 2.83 bits per heavy atom. The largest absolute Gasteiger partial charge is 0.451 e. The summed E-state index contributed by atoms with van der Waals surface area (Å²) in [6.07, 6.45) is 0.399. The number of carbonyl (C=O) groups excluding carboxylic acids is 2. The van der Waals surface area contributed by atoms with Gasteiger partial charge in [0.25, 0.3) is 5.91 Å². The molecule has 2 aromatic rings. The molecule has 3 unspecified atom stereocenters. The number of aliphatic hydroxyl groups excluding tert-OH is 1. The molecule has 1 fully saturated rings. The maximum atomic E-state index is 12.9. The summed E-state index contributed by atoms with van der Waals surface area (Å²) in [4.78, 5) is 25.6. The molecule has 8 nitrogen and oxygen atoms in total. The van der Waals surface area contributed by atoms with Crippen molar-refractivity contribution < 1.29 is 19.1 Å². The Kier molecular flexibility index (Phi) is 6.89. The van der Waals surface area contributed by atoms with E-state index in [2.05, 4.69) is 16.1 Å². The Labute approximate surface area is 170 Å². The van der Waals surface area contributed by atoms with Gasteiger partial charge in [0.1, 0.15) is 11.6 Å². The minimum atomic E-state index is -0.711. The zero-order valence-corrected chi connectivity index (χ0v) is 17.1. The number of para-hydroxylation sites is 1. The van der Waals surface area contributed by atoms with Gasteiger partial charge in [0.15, 0.2) is 5.76 Å². The normalized spacial score (nSPS) is 21.7. The highest BCUT2D eigenvalue weighted by Crippen LogP contribution is 2.19. The van der Waals surface area contributed by atoms with Crippen molar-refractivity contribution in [3.63, 3.8) is 0 Å². The van der Waals surface area contributed by atoms with Gasteiger partial charge in [0.05, 0.1) is 12.1 Å². The van der Waals surface area contributed by atoms with E-state index >= 15 is 0 Å². The Bertz CT molecular complexity index is 817. The second-order valence-corrected chi connectivity index (χ2v) is 8.06. The van der Waals surface area contributed by atoms with Gasteiger partial charge in [-0.2, -0.15) is 0 Å². The van der Waals surface area contributed by atoms with Crippen LogP contribution in [0.1, 0.15) is 37.2 Å². The number of carbonyl (C=O) groups is 2. The number of nitrogens with zero attached hydrogens (tertiary/aromatic N) is 1. The molecule has 1 aromatic heterocycles. The van der Waals surface area contributed by atoms with Crippen LogP contribution in [0.25, 0.3) is 11.0 Å². The van der Waals surface area contributed by atoms with Crippen LogP contribution in [0, 0.1) is 5.92 Å². The number of nitrogens with one attached hydrogen (secondary N) is 3. The van der Waals surface area contributed by atoms with Gasteiger partial charge in [-0.05, 0) is 30.9 Å². The van der Waals surface area contributed by atoms with Gasteiger partial charge < -0.3 is 20.2 Å². The monoisotopic (exact) mass is 402 g/mol. The Balaban J connectivity index is 1.69. The van der Waals surface area contributed by atoms with E-state index < -0.39 is 18.1 Å². The molecule has 3 atom stereocenters. The van der Waals surface area contributed by atoms with Crippen molar-refractivity contribution in [2.24, 2.45) is 5.92 Å². The first-order valence-corrected chi connectivity index (χ1v) is 10.1. The maximum absolute atomic E-state index is 12.9. The number of hydrogen-bond acceptors (Lipinski definition) is 6. The van der Waals surface area contributed by atoms with E-state index in [9.17, 15) is 14.7 Å². The predicted molar refractivity (Wildman–Crippen MR) is 110 cm³/mol. The lowest BCUT2D eigenvalue weighted by Gasteiger charge is -2.25. The van der Waals surface area contributed by atoms with Crippen LogP contribution in [-0.4, -0.2) is 60.3 Å². The van der Waals surface area contributed by atoms with Crippen LogP contribution in [0.4, 0.5) is 0 Å². The fourth-order valence-corrected chi connectivity index (χ4v) is 3.47. The summed E-state index contributed by atoms with van der Waals surface area (Å²) < 4.78 is 5.61. The van der Waals surface area contributed by atoms with Gasteiger partial charge >= 0.3 is 0 Å². The van der Waals surface area contributed by atoms with Crippen molar-refractivity contribution in [2.75, 3.05) is 20.1 Å². The number of amides is 2. The first kappa shape index (κ1) is 21.3. The Hall–Kier alpha value is -2.42. The highest BCUT2D eigenvalue weighted by Gasteiger charge is 2.29. The molecule has 1 aliphatic heterocycles. The van der Waals surface area contributed by atoms with Gasteiger partial charge in [-0.15, -0.1) is 0 Å². The highest BCUT2D eigenvalue weighted by molar-refractivity contribution is 5.98. The zero-order chi connectivity index (χ0) is 21.0. The van der Waals surface area contributed by atoms with Crippen LogP contribution in [0.3, 0.4) is 0 Å². The van der Waals surface area contributed by atoms with Crippen molar-refractivity contribution in [1.82, 2.24) is 21.1 Å². The quantitative estimate of drug-likeness (QED) is 0.580. The number of hydrogen-bond donors (Lipinski definition) is 4. The second-order valence-electron chi connectivity index (χ2n) is 8.06. The van der Waals surface area contributed by atoms with Crippen LogP contribution in [0.2, 0.25) is 0 Å². The van der Waals surface area contributed by atoms with E-state index in [0.717, 1.165) is 5.39 Å². The molecule has 29 heavy (non-hydrogen) atoms. The molecule has 0 aliphatic carbocycles. The molecule has 0 spiro atoms. The number of aliphatic hydroxyl groups is 1. The predicted octanol–water partition coefficient (Wildman–Crippen LogP) is 1.26. The van der Waals surface area contributed by atoms with Crippen LogP contribution in [-0.2, 0) is 4.79 Å². The third-order valence-corrected chi connectivity index (χ3v) is 5.12. The average molecular weight is 402 g/mol. The molecule has 8 heteroatoms. The molecule has 158 valence electrons. The maximum Gasteiger partial charge on any atom is 0.287 e. The summed E-state index contributed by atoms with van der Waals surface area (Å²) in [5.74, 6) is -0.344. The van der Waals surface area contributed by atoms with E-state index in [0.29, 0.717) is 31.5 Å². The topological polar surface area (TPSA) is 107 Å². The smallest absolute Gasteiger partial charge is 0.287 e. The Morgan fingerprint density at radius 2 is 2.10 bits per heavy atom. The lowest BCUT2D eigenvalue weighted by Crippen LogP contribution is -2.53. The van der Waals surface area contributed by atoms with Crippen LogP contribution in [0.5, 0.6) is 0 Å². The number of β-amino-alcohol motifs (C(OH)–C–C–N with tert-alkyl or cyclic N) is 1. The van der Waals surface area contributed by atoms with E-state index in [-0.39, 0.29) is 23.6 Å². The van der Waals surface area contributed by atoms with Crippen molar-refractivity contribution >= 4 is 22.8 Å². The van der Waals surface area contributed by atoms with E-state index in [4.69, 9.17) is 4.42 Å². The van der Waals surface area contributed by atoms with Gasteiger partial charge in [-0.1, -0.05) is 32.0 Å². The standard InChI is InChI=1S/C21H30N4O4/c1-13(2)10-16(20(27)23-15-8-9-25(3)22-12-17(15)26)24-21(28)19-11-14-6-4-5-7-18(14)29-19/h4-7,11,13,15-17,22,26H,8-10,12H2,1-3H3,(H,23,27)(H,24,28). The molecule has 1 aromatic carbocycles. The Morgan fingerprint density at radius 1 is 1.34 bits per heavy atom. The van der Waals surface area contributed by atoms with Gasteiger partial charge in [0, 0.05) is 25.5 Å². The minimum Gasteiger partial charge on any atom is -0.451 e. The third kappa shape index (κ3) is 5.56. The lowest BCUT2D eigenvalue weighted by molar-refractivity contribution is -0.124. The van der Waals surface area contributed by atoms with Crippen LogP contribution in [0.15, 0.2) is 34.7 Å². The highest BCUT2D eigenvalue weighted by atomic mass is 16.3. The molecule has 4 N–H and O–H groups in total. The van der Waals surface area contributed by atoms with E-state index in [1.54, 1.807) is 12.1 Å². The lowest BCUT2D eigenvalue weighted by atomic mass is 10.0. The van der Waals surface area contributed by atoms with Gasteiger partial charge in [0.2, 0.25) is 5.91 Å². The summed E-state index contributed by atoms with van der Waals surface area (Å²) in [5.41, 5.74) is 3.70. The molecule has 0 saturated carbocycles. The fourth-order valence-electron chi connectivity index (χ4n) is 3.47. The number of furan rings is 1. The molecule has 1 saturated heterocycles. The van der Waals surface area contributed by atoms with Crippen molar-refractivity contribution in [2.45, 2.75) is 44.9 Å². The van der Waals surface area contributed by atoms with Crippen LogP contribution < -0.4 is 16.1 Å². The van der Waals surface area contributed by atoms with Crippen molar-refractivity contribution in [3.8, 4) is 0 Å². The SMILES string of the molecule is CC(C)CC(NC(=O)c1cc2ccccc2o1)C(=O)NC1CCN(C)NCC1O. The van der Waals surface area contributed by atoms with Crippen molar-refractivity contribution in [3.05, 3.63) is 36.1 Å². The molecule has 1 aliphatic rings. The first-order valence-electron chi connectivity index (χ1n) is 10.1. The number of rotatable bonds is 6. The molecule has 0 bridgehead atoms.